The molecule has 1 unspecified atom stereocenters. The van der Waals surface area contributed by atoms with Gasteiger partial charge in [-0.3, -0.25) is 0 Å². The first-order valence-corrected chi connectivity index (χ1v) is 5.77. The van der Waals surface area contributed by atoms with Crippen LogP contribution in [0.15, 0.2) is 9.66 Å². The van der Waals surface area contributed by atoms with Crippen molar-refractivity contribution in [1.82, 2.24) is 0 Å². The molecule has 0 spiro atoms. The van der Waals surface area contributed by atoms with Crippen LogP contribution >= 0.6 is 38.5 Å². The van der Waals surface area contributed by atoms with Gasteiger partial charge in [-0.2, -0.15) is 0 Å². The van der Waals surface area contributed by atoms with Crippen molar-refractivity contribution in [1.29, 1.82) is 0 Å². The van der Waals surface area contributed by atoms with E-state index in [1.165, 1.54) is 32.1 Å². The Balaban J connectivity index is 2.38. The summed E-state index contributed by atoms with van der Waals surface area (Å²) < 4.78 is 1.55. The lowest BCUT2D eigenvalue weighted by Crippen LogP contribution is -1.99. The first kappa shape index (κ1) is 9.04. The largest absolute Gasteiger partial charge is 0.0891 e. The Labute approximate surface area is 84.7 Å². The van der Waals surface area contributed by atoms with Crippen LogP contribution < -0.4 is 0 Å². The molecule has 0 aromatic heterocycles. The lowest BCUT2D eigenvalue weighted by Gasteiger charge is -2.11. The molecular formula is C8H12BrI. The fourth-order valence-corrected chi connectivity index (χ4v) is 2.44. The SMILES string of the molecule is BrC1CCC=C(I)CCC1. The molecule has 1 rings (SSSR count). The van der Waals surface area contributed by atoms with E-state index in [2.05, 4.69) is 44.6 Å². The van der Waals surface area contributed by atoms with E-state index in [4.69, 9.17) is 0 Å². The van der Waals surface area contributed by atoms with Gasteiger partial charge >= 0.3 is 0 Å². The van der Waals surface area contributed by atoms with E-state index in [-0.39, 0.29) is 0 Å². The van der Waals surface area contributed by atoms with E-state index in [0.717, 1.165) is 4.83 Å². The molecule has 0 N–H and O–H groups in total. The first-order chi connectivity index (χ1) is 4.79. The van der Waals surface area contributed by atoms with Gasteiger partial charge in [-0.05, 0) is 58.3 Å². The van der Waals surface area contributed by atoms with Crippen molar-refractivity contribution in [2.75, 3.05) is 0 Å². The Hall–Kier alpha value is 0.950. The van der Waals surface area contributed by atoms with Crippen molar-refractivity contribution in [3.8, 4) is 0 Å². The minimum Gasteiger partial charge on any atom is -0.0891 e. The molecule has 1 aliphatic carbocycles. The molecule has 0 heterocycles. The number of alkyl halides is 1. The van der Waals surface area contributed by atoms with Gasteiger partial charge in [0.1, 0.15) is 0 Å². The maximum Gasteiger partial charge on any atom is 0.0148 e. The second kappa shape index (κ2) is 4.75. The highest BCUT2D eigenvalue weighted by Gasteiger charge is 2.06. The van der Waals surface area contributed by atoms with Gasteiger partial charge in [0, 0.05) is 4.83 Å². The Kier molecular flexibility index (Phi) is 4.30. The van der Waals surface area contributed by atoms with E-state index in [1.54, 1.807) is 3.58 Å². The van der Waals surface area contributed by atoms with Gasteiger partial charge in [0.15, 0.2) is 0 Å². The van der Waals surface area contributed by atoms with Crippen molar-refractivity contribution in [2.24, 2.45) is 0 Å². The van der Waals surface area contributed by atoms with Crippen LogP contribution in [0, 0.1) is 0 Å². The number of allylic oxidation sites excluding steroid dienone is 2. The summed E-state index contributed by atoms with van der Waals surface area (Å²) in [6, 6.07) is 0. The van der Waals surface area contributed by atoms with E-state index in [1.807, 2.05) is 0 Å². The summed E-state index contributed by atoms with van der Waals surface area (Å²) in [6.07, 6.45) is 8.93. The number of rotatable bonds is 0. The highest BCUT2D eigenvalue weighted by atomic mass is 127. The fraction of sp³-hybridized carbons (Fsp3) is 0.750. The third kappa shape index (κ3) is 3.37. The summed E-state index contributed by atoms with van der Waals surface area (Å²) in [4.78, 5) is 0.772. The molecule has 1 atom stereocenters. The smallest absolute Gasteiger partial charge is 0.0148 e. The van der Waals surface area contributed by atoms with Crippen LogP contribution in [0.1, 0.15) is 32.1 Å². The molecule has 0 saturated carbocycles. The Morgan fingerprint density at radius 1 is 1.50 bits per heavy atom. The molecule has 10 heavy (non-hydrogen) atoms. The molecule has 1 aliphatic rings. The molecular weight excluding hydrogens is 303 g/mol. The molecule has 0 aromatic carbocycles. The Bertz CT molecular complexity index is 131. The summed E-state index contributed by atoms with van der Waals surface area (Å²) in [5, 5.41) is 0. The molecule has 0 bridgehead atoms. The highest BCUT2D eigenvalue weighted by Crippen LogP contribution is 2.24. The summed E-state index contributed by atoms with van der Waals surface area (Å²) in [6.45, 7) is 0. The summed E-state index contributed by atoms with van der Waals surface area (Å²) in [5.74, 6) is 0. The molecule has 0 radical (unpaired) electrons. The molecule has 0 nitrogen and oxygen atoms in total. The van der Waals surface area contributed by atoms with Crippen LogP contribution in [0.4, 0.5) is 0 Å². The molecule has 0 aliphatic heterocycles. The quantitative estimate of drug-likeness (QED) is 0.468. The molecule has 2 heteroatoms. The van der Waals surface area contributed by atoms with Crippen molar-refractivity contribution in [3.05, 3.63) is 9.66 Å². The fourth-order valence-electron chi connectivity index (χ4n) is 1.16. The van der Waals surface area contributed by atoms with Gasteiger partial charge < -0.3 is 0 Å². The van der Waals surface area contributed by atoms with Crippen LogP contribution in [-0.2, 0) is 0 Å². The summed E-state index contributed by atoms with van der Waals surface area (Å²) >= 11 is 6.11. The predicted molar refractivity (Wildman–Crippen MR) is 57.9 cm³/mol. The molecule has 0 fully saturated rings. The third-order valence-corrected chi connectivity index (χ3v) is 3.67. The molecule has 0 aromatic rings. The Morgan fingerprint density at radius 2 is 2.30 bits per heavy atom. The van der Waals surface area contributed by atoms with E-state index < -0.39 is 0 Å². The minimum atomic E-state index is 0.772. The summed E-state index contributed by atoms with van der Waals surface area (Å²) in [5.41, 5.74) is 0. The average molecular weight is 315 g/mol. The van der Waals surface area contributed by atoms with Gasteiger partial charge in [-0.25, -0.2) is 0 Å². The number of hydrogen-bond donors (Lipinski definition) is 0. The van der Waals surface area contributed by atoms with Crippen LogP contribution in [0.5, 0.6) is 0 Å². The topological polar surface area (TPSA) is 0 Å². The van der Waals surface area contributed by atoms with Crippen molar-refractivity contribution >= 4 is 38.5 Å². The second-order valence-electron chi connectivity index (χ2n) is 2.72. The van der Waals surface area contributed by atoms with E-state index in [0.29, 0.717) is 0 Å². The average Bonchev–Trinajstić information content (AvgIpc) is 1.84. The zero-order chi connectivity index (χ0) is 7.40. The monoisotopic (exact) mass is 314 g/mol. The lowest BCUT2D eigenvalue weighted by molar-refractivity contribution is 0.659. The van der Waals surface area contributed by atoms with E-state index >= 15 is 0 Å². The second-order valence-corrected chi connectivity index (χ2v) is 5.40. The van der Waals surface area contributed by atoms with Gasteiger partial charge in [0.25, 0.3) is 0 Å². The van der Waals surface area contributed by atoms with Gasteiger partial charge in [-0.1, -0.05) is 22.0 Å². The van der Waals surface area contributed by atoms with E-state index in [9.17, 15) is 0 Å². The zero-order valence-electron chi connectivity index (χ0n) is 5.95. The normalized spacial score (nSPS) is 28.6. The maximum atomic E-state index is 3.66. The highest BCUT2D eigenvalue weighted by molar-refractivity contribution is 14.1. The standard InChI is InChI=1S/C8H12BrI/c9-7-3-1-5-8(10)6-2-4-7/h5,7H,1-4,6H2. The third-order valence-electron chi connectivity index (χ3n) is 1.78. The number of halogens is 2. The van der Waals surface area contributed by atoms with Crippen molar-refractivity contribution in [3.63, 3.8) is 0 Å². The molecule has 0 saturated heterocycles. The van der Waals surface area contributed by atoms with Crippen molar-refractivity contribution < 1.29 is 0 Å². The lowest BCUT2D eigenvalue weighted by atomic mass is 10.1. The van der Waals surface area contributed by atoms with Crippen molar-refractivity contribution in [2.45, 2.75) is 36.9 Å². The van der Waals surface area contributed by atoms with Crippen LogP contribution in [-0.4, -0.2) is 4.83 Å². The first-order valence-electron chi connectivity index (χ1n) is 3.77. The van der Waals surface area contributed by atoms with Gasteiger partial charge in [0.2, 0.25) is 0 Å². The Morgan fingerprint density at radius 3 is 3.10 bits per heavy atom. The minimum absolute atomic E-state index is 0.772. The van der Waals surface area contributed by atoms with Crippen LogP contribution in [0.2, 0.25) is 0 Å². The summed E-state index contributed by atoms with van der Waals surface area (Å²) in [7, 11) is 0. The van der Waals surface area contributed by atoms with Crippen LogP contribution in [0.25, 0.3) is 0 Å². The maximum absolute atomic E-state index is 3.66. The number of hydrogen-bond acceptors (Lipinski definition) is 0. The predicted octanol–water partition coefficient (Wildman–Crippen LogP) is 4.03. The van der Waals surface area contributed by atoms with Gasteiger partial charge in [-0.15, -0.1) is 0 Å². The zero-order valence-corrected chi connectivity index (χ0v) is 9.69. The van der Waals surface area contributed by atoms with Crippen LogP contribution in [0.3, 0.4) is 0 Å². The molecule has 58 valence electrons. The van der Waals surface area contributed by atoms with Gasteiger partial charge in [0.05, 0.1) is 0 Å². The molecule has 0 amide bonds.